The molecule has 0 saturated carbocycles. The Balaban J connectivity index is 2.33. The smallest absolute Gasteiger partial charge is 0.269 e. The minimum Gasteiger partial charge on any atom is -0.288 e. The topological polar surface area (TPSA) is 46.4 Å². The lowest BCUT2D eigenvalue weighted by Crippen LogP contribution is -2.23. The second-order valence-electron chi connectivity index (χ2n) is 4.31. The molecule has 1 aliphatic carbocycles. The van der Waals surface area contributed by atoms with Crippen LogP contribution in [-0.2, 0) is 6.42 Å². The highest BCUT2D eigenvalue weighted by atomic mass is 16.6. The highest BCUT2D eigenvalue weighted by Gasteiger charge is 2.27. The average Bonchev–Trinajstić information content (AvgIpc) is 2.71. The van der Waals surface area contributed by atoms with Crippen molar-refractivity contribution in [2.45, 2.75) is 18.9 Å². The molecule has 0 bridgehead atoms. The van der Waals surface area contributed by atoms with Crippen LogP contribution in [0.25, 0.3) is 0 Å². The van der Waals surface area contributed by atoms with Crippen molar-refractivity contribution in [3.63, 3.8) is 0 Å². The van der Waals surface area contributed by atoms with E-state index in [-0.39, 0.29) is 16.7 Å². The van der Waals surface area contributed by atoms with Crippen LogP contribution in [0.5, 0.6) is 0 Å². The van der Waals surface area contributed by atoms with Gasteiger partial charge in [-0.2, -0.15) is 0 Å². The standard InChI is InChI=1S/C13H14N2O2/c1-3-8-14(2)13-7-5-10-4-6-11(15(16)17)9-12(10)13/h1,4,6,9,13H,5,7-8H2,2H3/t13-/m1/s1. The van der Waals surface area contributed by atoms with E-state index in [0.29, 0.717) is 6.54 Å². The molecular weight excluding hydrogens is 216 g/mol. The molecule has 1 atom stereocenters. The van der Waals surface area contributed by atoms with E-state index in [2.05, 4.69) is 10.8 Å². The van der Waals surface area contributed by atoms with Crippen molar-refractivity contribution in [2.24, 2.45) is 0 Å². The number of hydrogen-bond donors (Lipinski definition) is 0. The maximum Gasteiger partial charge on any atom is 0.269 e. The van der Waals surface area contributed by atoms with Crippen molar-refractivity contribution in [1.82, 2.24) is 4.90 Å². The third-order valence-electron chi connectivity index (χ3n) is 3.26. The van der Waals surface area contributed by atoms with Crippen LogP contribution < -0.4 is 0 Å². The van der Waals surface area contributed by atoms with Gasteiger partial charge in [0.15, 0.2) is 0 Å². The molecule has 1 aromatic carbocycles. The number of aryl methyl sites for hydroxylation is 1. The Hall–Kier alpha value is -1.86. The normalized spacial score (nSPS) is 17.8. The van der Waals surface area contributed by atoms with E-state index in [1.807, 2.05) is 13.1 Å². The maximum absolute atomic E-state index is 10.8. The van der Waals surface area contributed by atoms with Gasteiger partial charge in [-0.25, -0.2) is 0 Å². The van der Waals surface area contributed by atoms with Crippen LogP contribution in [0.4, 0.5) is 5.69 Å². The lowest BCUT2D eigenvalue weighted by Gasteiger charge is -2.22. The van der Waals surface area contributed by atoms with Gasteiger partial charge >= 0.3 is 0 Å². The summed E-state index contributed by atoms with van der Waals surface area (Å²) in [6, 6.07) is 5.32. The van der Waals surface area contributed by atoms with Crippen LogP contribution in [0.2, 0.25) is 0 Å². The Labute approximate surface area is 100 Å². The third-order valence-corrected chi connectivity index (χ3v) is 3.26. The largest absolute Gasteiger partial charge is 0.288 e. The zero-order chi connectivity index (χ0) is 12.4. The Morgan fingerprint density at radius 2 is 2.41 bits per heavy atom. The molecule has 0 amide bonds. The molecule has 17 heavy (non-hydrogen) atoms. The molecule has 0 heterocycles. The molecule has 1 aliphatic rings. The zero-order valence-electron chi connectivity index (χ0n) is 9.72. The summed E-state index contributed by atoms with van der Waals surface area (Å²) in [4.78, 5) is 12.5. The average molecular weight is 230 g/mol. The Morgan fingerprint density at radius 3 is 3.06 bits per heavy atom. The van der Waals surface area contributed by atoms with Crippen LogP contribution in [0.3, 0.4) is 0 Å². The van der Waals surface area contributed by atoms with Gasteiger partial charge in [0.2, 0.25) is 0 Å². The molecule has 88 valence electrons. The third kappa shape index (κ3) is 2.15. The molecule has 0 aromatic heterocycles. The van der Waals surface area contributed by atoms with E-state index in [1.165, 1.54) is 5.56 Å². The number of rotatable bonds is 3. The Bertz CT molecular complexity index is 491. The van der Waals surface area contributed by atoms with Crippen LogP contribution in [0.1, 0.15) is 23.6 Å². The summed E-state index contributed by atoms with van der Waals surface area (Å²) in [5.74, 6) is 2.60. The van der Waals surface area contributed by atoms with Crippen molar-refractivity contribution in [3.05, 3.63) is 39.4 Å². The minimum atomic E-state index is -0.350. The molecule has 4 heteroatoms. The summed E-state index contributed by atoms with van der Waals surface area (Å²) in [6.07, 6.45) is 7.24. The van der Waals surface area contributed by atoms with Crippen molar-refractivity contribution < 1.29 is 4.92 Å². The molecule has 0 spiro atoms. The maximum atomic E-state index is 10.8. The molecule has 1 aromatic rings. The number of benzene rings is 1. The minimum absolute atomic E-state index is 0.157. The molecule has 2 rings (SSSR count). The number of fused-ring (bicyclic) bond motifs is 1. The highest BCUT2D eigenvalue weighted by Crippen LogP contribution is 2.36. The molecule has 0 saturated heterocycles. The van der Waals surface area contributed by atoms with E-state index < -0.39 is 0 Å². The second-order valence-corrected chi connectivity index (χ2v) is 4.31. The van der Waals surface area contributed by atoms with E-state index in [4.69, 9.17) is 6.42 Å². The first-order chi connectivity index (χ1) is 8.13. The lowest BCUT2D eigenvalue weighted by atomic mass is 10.1. The van der Waals surface area contributed by atoms with Crippen molar-refractivity contribution >= 4 is 5.69 Å². The van der Waals surface area contributed by atoms with Crippen LogP contribution >= 0.6 is 0 Å². The van der Waals surface area contributed by atoms with Crippen LogP contribution in [0.15, 0.2) is 18.2 Å². The van der Waals surface area contributed by atoms with Gasteiger partial charge in [-0.15, -0.1) is 6.42 Å². The molecule has 0 radical (unpaired) electrons. The number of non-ortho nitro benzene ring substituents is 1. The predicted molar refractivity (Wildman–Crippen MR) is 65.6 cm³/mol. The van der Waals surface area contributed by atoms with E-state index >= 15 is 0 Å². The predicted octanol–water partition coefficient (Wildman–Crippen LogP) is 2.15. The zero-order valence-corrected chi connectivity index (χ0v) is 9.72. The highest BCUT2D eigenvalue weighted by molar-refractivity contribution is 5.44. The molecular formula is C13H14N2O2. The van der Waals surface area contributed by atoms with Gasteiger partial charge in [0, 0.05) is 18.2 Å². The molecule has 0 unspecified atom stereocenters. The fourth-order valence-corrected chi connectivity index (χ4v) is 2.39. The molecule has 0 aliphatic heterocycles. The van der Waals surface area contributed by atoms with Gasteiger partial charge < -0.3 is 0 Å². The Kier molecular flexibility index (Phi) is 3.12. The number of nitro benzene ring substituents is 1. The first-order valence-electron chi connectivity index (χ1n) is 5.54. The van der Waals surface area contributed by atoms with Crippen LogP contribution in [0, 0.1) is 22.5 Å². The van der Waals surface area contributed by atoms with E-state index in [1.54, 1.807) is 12.1 Å². The van der Waals surface area contributed by atoms with Crippen molar-refractivity contribution in [1.29, 1.82) is 0 Å². The van der Waals surface area contributed by atoms with Gasteiger partial charge in [0.25, 0.3) is 5.69 Å². The van der Waals surface area contributed by atoms with E-state index in [9.17, 15) is 10.1 Å². The van der Waals surface area contributed by atoms with E-state index in [0.717, 1.165) is 18.4 Å². The summed E-state index contributed by atoms with van der Waals surface area (Å²) in [6.45, 7) is 0.562. The lowest BCUT2D eigenvalue weighted by molar-refractivity contribution is -0.384. The van der Waals surface area contributed by atoms with Crippen molar-refractivity contribution in [2.75, 3.05) is 13.6 Å². The molecule has 0 fully saturated rings. The first-order valence-corrected chi connectivity index (χ1v) is 5.54. The first kappa shape index (κ1) is 11.6. The summed E-state index contributed by atoms with van der Waals surface area (Å²) in [7, 11) is 1.96. The van der Waals surface area contributed by atoms with Gasteiger partial charge in [-0.3, -0.25) is 15.0 Å². The van der Waals surface area contributed by atoms with Gasteiger partial charge in [0.1, 0.15) is 0 Å². The number of hydrogen-bond acceptors (Lipinski definition) is 3. The fraction of sp³-hybridized carbons (Fsp3) is 0.385. The van der Waals surface area contributed by atoms with Crippen molar-refractivity contribution in [3.8, 4) is 12.3 Å². The summed E-state index contributed by atoms with van der Waals surface area (Å²) < 4.78 is 0. The Morgan fingerprint density at radius 1 is 1.65 bits per heavy atom. The molecule has 4 nitrogen and oxygen atoms in total. The second kappa shape index (κ2) is 4.56. The van der Waals surface area contributed by atoms with Crippen LogP contribution in [-0.4, -0.2) is 23.4 Å². The summed E-state index contributed by atoms with van der Waals surface area (Å²) in [5, 5.41) is 10.8. The molecule has 0 N–H and O–H groups in total. The fourth-order valence-electron chi connectivity index (χ4n) is 2.39. The quantitative estimate of drug-likeness (QED) is 0.454. The number of nitrogens with zero attached hydrogens (tertiary/aromatic N) is 2. The number of nitro groups is 1. The monoisotopic (exact) mass is 230 g/mol. The SMILES string of the molecule is C#CCN(C)[C@@H]1CCc2ccc([N+](=O)[O-])cc21. The van der Waals surface area contributed by atoms with Gasteiger partial charge in [0.05, 0.1) is 11.5 Å². The summed E-state index contributed by atoms with van der Waals surface area (Å²) in [5.41, 5.74) is 2.41. The van der Waals surface area contributed by atoms with Gasteiger partial charge in [-0.1, -0.05) is 12.0 Å². The van der Waals surface area contributed by atoms with Gasteiger partial charge in [-0.05, 0) is 31.0 Å². The summed E-state index contributed by atoms with van der Waals surface area (Å²) >= 11 is 0. The number of terminal acetylenes is 1.